The Kier molecular flexibility index (Phi) is 3.50. The zero-order valence-corrected chi connectivity index (χ0v) is 12.6. The molecule has 2 heterocycles. The number of rotatable bonds is 4. The van der Waals surface area contributed by atoms with E-state index in [0.717, 1.165) is 4.90 Å². The molecule has 0 radical (unpaired) electrons. The lowest BCUT2D eigenvalue weighted by atomic mass is 10.1. The van der Waals surface area contributed by atoms with Crippen LogP contribution in [0.15, 0.2) is 22.7 Å². The van der Waals surface area contributed by atoms with Crippen LogP contribution in [0.25, 0.3) is 11.5 Å². The lowest BCUT2D eigenvalue weighted by Crippen LogP contribution is -2.24. The van der Waals surface area contributed by atoms with Gasteiger partial charge in [-0.15, -0.1) is 0 Å². The number of amides is 2. The second-order valence-electron chi connectivity index (χ2n) is 5.34. The van der Waals surface area contributed by atoms with Crippen molar-refractivity contribution in [3.63, 3.8) is 0 Å². The first-order chi connectivity index (χ1) is 10.5. The molecule has 1 aliphatic rings. The van der Waals surface area contributed by atoms with Crippen LogP contribution in [0.4, 0.5) is 0 Å². The lowest BCUT2D eigenvalue weighted by Gasteiger charge is -2.04. The number of carbonyl (C=O) groups is 2. The van der Waals surface area contributed by atoms with E-state index < -0.39 is 0 Å². The molecule has 0 aliphatic carbocycles. The molecule has 22 heavy (non-hydrogen) atoms. The third kappa shape index (κ3) is 2.29. The van der Waals surface area contributed by atoms with Gasteiger partial charge < -0.3 is 9.84 Å². The quantitative estimate of drug-likeness (QED) is 0.851. The maximum atomic E-state index is 12.0. The Morgan fingerprint density at radius 1 is 1.27 bits per heavy atom. The van der Waals surface area contributed by atoms with Crippen molar-refractivity contribution in [2.45, 2.75) is 19.4 Å². The Bertz CT molecular complexity index is 753. The highest BCUT2D eigenvalue weighted by Gasteiger charge is 2.33. The van der Waals surface area contributed by atoms with Gasteiger partial charge in [-0.3, -0.25) is 14.5 Å². The van der Waals surface area contributed by atoms with Crippen LogP contribution < -0.4 is 5.32 Å². The van der Waals surface area contributed by atoms with Gasteiger partial charge in [0.05, 0.1) is 11.1 Å². The van der Waals surface area contributed by atoms with Crippen LogP contribution >= 0.6 is 0 Å². The normalized spacial score (nSPS) is 15.3. The topological polar surface area (TPSA) is 88.3 Å². The van der Waals surface area contributed by atoms with Gasteiger partial charge in [-0.2, -0.15) is 4.98 Å². The van der Waals surface area contributed by atoms with Crippen LogP contribution in [-0.2, 0) is 6.42 Å². The van der Waals surface area contributed by atoms with E-state index in [1.54, 1.807) is 18.2 Å². The van der Waals surface area contributed by atoms with Crippen molar-refractivity contribution in [3.8, 4) is 11.5 Å². The number of imide groups is 1. The molecule has 2 aromatic rings. The van der Waals surface area contributed by atoms with E-state index in [-0.39, 0.29) is 17.9 Å². The van der Waals surface area contributed by atoms with Crippen molar-refractivity contribution < 1.29 is 14.1 Å². The molecular formula is C15H16N4O3. The van der Waals surface area contributed by atoms with Gasteiger partial charge in [0.1, 0.15) is 0 Å². The van der Waals surface area contributed by atoms with Crippen molar-refractivity contribution in [2.24, 2.45) is 0 Å². The van der Waals surface area contributed by atoms with Crippen LogP contribution in [0, 0.1) is 0 Å². The number of likely N-dealkylation sites (N-methyl/N-ethyl adjacent to an activating group) is 1. The van der Waals surface area contributed by atoms with Crippen LogP contribution in [0.2, 0.25) is 0 Å². The second-order valence-corrected chi connectivity index (χ2v) is 5.34. The van der Waals surface area contributed by atoms with Gasteiger partial charge in [0, 0.05) is 25.1 Å². The number of hydrogen-bond acceptors (Lipinski definition) is 6. The first-order valence-electron chi connectivity index (χ1n) is 6.98. The van der Waals surface area contributed by atoms with E-state index in [2.05, 4.69) is 15.5 Å². The monoisotopic (exact) mass is 300 g/mol. The summed E-state index contributed by atoms with van der Waals surface area (Å²) in [6.45, 7) is 2.02. The fourth-order valence-electron chi connectivity index (χ4n) is 2.32. The Balaban J connectivity index is 1.91. The predicted molar refractivity (Wildman–Crippen MR) is 78.4 cm³/mol. The highest BCUT2D eigenvalue weighted by molar-refractivity contribution is 6.21. The Morgan fingerprint density at radius 3 is 2.73 bits per heavy atom. The maximum Gasteiger partial charge on any atom is 0.261 e. The number of benzene rings is 1. The van der Waals surface area contributed by atoms with E-state index >= 15 is 0 Å². The Morgan fingerprint density at radius 2 is 2.00 bits per heavy atom. The van der Waals surface area contributed by atoms with Crippen LogP contribution in [0.1, 0.15) is 33.5 Å². The molecule has 1 aromatic heterocycles. The zero-order valence-electron chi connectivity index (χ0n) is 12.6. The summed E-state index contributed by atoms with van der Waals surface area (Å²) < 4.78 is 5.25. The minimum absolute atomic E-state index is 0.235. The van der Waals surface area contributed by atoms with Crippen LogP contribution in [0.3, 0.4) is 0 Å². The van der Waals surface area contributed by atoms with Crippen LogP contribution in [0.5, 0.6) is 0 Å². The summed E-state index contributed by atoms with van der Waals surface area (Å²) in [5.74, 6) is 0.332. The maximum absolute atomic E-state index is 12.0. The molecule has 1 unspecified atom stereocenters. The molecule has 7 nitrogen and oxygen atoms in total. The summed E-state index contributed by atoms with van der Waals surface area (Å²) >= 11 is 0. The van der Waals surface area contributed by atoms with Gasteiger partial charge >= 0.3 is 0 Å². The summed E-state index contributed by atoms with van der Waals surface area (Å²) in [4.78, 5) is 29.3. The van der Waals surface area contributed by atoms with Crippen molar-refractivity contribution >= 4 is 11.8 Å². The summed E-state index contributed by atoms with van der Waals surface area (Å²) in [6.07, 6.45) is 0.644. The molecule has 1 N–H and O–H groups in total. The molecule has 0 fully saturated rings. The largest absolute Gasteiger partial charge is 0.334 e. The van der Waals surface area contributed by atoms with Gasteiger partial charge in [0.25, 0.3) is 17.7 Å². The smallest absolute Gasteiger partial charge is 0.261 e. The van der Waals surface area contributed by atoms with E-state index in [4.69, 9.17) is 4.52 Å². The van der Waals surface area contributed by atoms with Gasteiger partial charge in [-0.05, 0) is 32.2 Å². The van der Waals surface area contributed by atoms with Gasteiger partial charge in [-0.1, -0.05) is 5.16 Å². The van der Waals surface area contributed by atoms with Crippen molar-refractivity contribution in [3.05, 3.63) is 35.2 Å². The van der Waals surface area contributed by atoms with E-state index in [1.807, 2.05) is 14.0 Å². The predicted octanol–water partition coefficient (Wildman–Crippen LogP) is 1.11. The summed E-state index contributed by atoms with van der Waals surface area (Å²) in [7, 11) is 3.33. The molecule has 7 heteroatoms. The number of nitrogens with zero attached hydrogens (tertiary/aromatic N) is 3. The van der Waals surface area contributed by atoms with Crippen molar-refractivity contribution in [1.82, 2.24) is 20.4 Å². The zero-order chi connectivity index (χ0) is 15.9. The van der Waals surface area contributed by atoms with Gasteiger partial charge in [0.2, 0.25) is 0 Å². The highest BCUT2D eigenvalue weighted by Crippen LogP contribution is 2.27. The molecule has 1 aliphatic heterocycles. The average Bonchev–Trinajstić information content (AvgIpc) is 3.07. The third-order valence-corrected chi connectivity index (χ3v) is 3.79. The molecule has 3 rings (SSSR count). The van der Waals surface area contributed by atoms with Crippen molar-refractivity contribution in [1.29, 1.82) is 0 Å². The molecular weight excluding hydrogens is 284 g/mol. The van der Waals surface area contributed by atoms with Crippen molar-refractivity contribution in [2.75, 3.05) is 14.1 Å². The first-order valence-corrected chi connectivity index (χ1v) is 6.98. The SMILES string of the molecule is CNC(C)Cc1noc(-c2ccc3c(c2)C(=O)N(C)C3=O)n1. The van der Waals surface area contributed by atoms with E-state index in [0.29, 0.717) is 34.8 Å². The number of fused-ring (bicyclic) bond motifs is 1. The molecule has 1 atom stereocenters. The van der Waals surface area contributed by atoms with Gasteiger partial charge in [-0.25, -0.2) is 0 Å². The third-order valence-electron chi connectivity index (χ3n) is 3.79. The van der Waals surface area contributed by atoms with Gasteiger partial charge in [0.15, 0.2) is 5.82 Å². The highest BCUT2D eigenvalue weighted by atomic mass is 16.5. The molecule has 1 aromatic carbocycles. The summed E-state index contributed by atoms with van der Waals surface area (Å²) in [5.41, 5.74) is 1.40. The number of hydrogen-bond donors (Lipinski definition) is 1. The fourth-order valence-corrected chi connectivity index (χ4v) is 2.32. The molecule has 0 saturated carbocycles. The molecule has 0 spiro atoms. The minimum atomic E-state index is -0.314. The number of carbonyl (C=O) groups excluding carboxylic acids is 2. The standard InChI is InChI=1S/C15H16N4O3/c1-8(16-2)6-12-17-13(22-18-12)9-4-5-10-11(7-9)15(21)19(3)14(10)20/h4-5,7-8,16H,6H2,1-3H3. The molecule has 0 saturated heterocycles. The average molecular weight is 300 g/mol. The molecule has 0 bridgehead atoms. The van der Waals surface area contributed by atoms with E-state index in [1.165, 1.54) is 7.05 Å². The summed E-state index contributed by atoms with van der Waals surface area (Å²) in [6, 6.07) is 5.19. The number of nitrogens with one attached hydrogen (secondary N) is 1. The Hall–Kier alpha value is -2.54. The van der Waals surface area contributed by atoms with Crippen LogP contribution in [-0.4, -0.2) is 47.0 Å². The fraction of sp³-hybridized carbons (Fsp3) is 0.333. The number of aromatic nitrogens is 2. The Labute approximate surface area is 127 Å². The molecule has 114 valence electrons. The lowest BCUT2D eigenvalue weighted by molar-refractivity contribution is 0.0693. The molecule has 2 amide bonds. The first kappa shape index (κ1) is 14.4. The van der Waals surface area contributed by atoms with E-state index in [9.17, 15) is 9.59 Å². The second kappa shape index (κ2) is 5.34. The summed E-state index contributed by atoms with van der Waals surface area (Å²) in [5, 5.41) is 7.04. The minimum Gasteiger partial charge on any atom is -0.334 e.